The number of benzene rings is 10. The van der Waals surface area contributed by atoms with Crippen LogP contribution in [0.1, 0.15) is 0 Å². The van der Waals surface area contributed by atoms with Crippen molar-refractivity contribution in [2.45, 2.75) is 0 Å². The maximum Gasteiger partial charge on any atom is 3.00 e. The first-order valence-corrected chi connectivity index (χ1v) is 25.6. The van der Waals surface area contributed by atoms with Gasteiger partial charge < -0.3 is 9.40 Å². The smallest absolute Gasteiger partial charge is 0.456 e. The number of pyridine rings is 1. The van der Waals surface area contributed by atoms with Crippen LogP contribution in [-0.4, -0.2) is 24.5 Å². The van der Waals surface area contributed by atoms with Crippen molar-refractivity contribution < 1.29 is 24.5 Å². The predicted octanol–water partition coefficient (Wildman–Crippen LogP) is 17.8. The molecule has 0 atom stereocenters. The van der Waals surface area contributed by atoms with Gasteiger partial charge in [-0.1, -0.05) is 127 Å². The van der Waals surface area contributed by atoms with Crippen molar-refractivity contribution in [2.24, 2.45) is 0 Å². The zero-order valence-corrected chi connectivity index (χ0v) is 44.3. The molecule has 10 aromatic carbocycles. The molecule has 0 radical (unpaired) electrons. The Bertz CT molecular complexity index is 4310. The second-order valence-electron chi connectivity index (χ2n) is 19.1. The molecule has 0 aliphatic heterocycles. The van der Waals surface area contributed by atoms with E-state index in [1.54, 1.807) is 0 Å². The predicted molar refractivity (Wildman–Crippen MR) is 311 cm³/mol. The maximum absolute atomic E-state index is 6.49. The van der Waals surface area contributed by atoms with Crippen molar-refractivity contribution in [3.63, 3.8) is 0 Å². The third-order valence-electron chi connectivity index (χ3n) is 14.4. The third-order valence-corrected chi connectivity index (χ3v) is 14.4. The molecule has 14 aromatic rings. The number of hydrogen-bond acceptors (Lipinski definition) is 4. The van der Waals surface area contributed by atoms with Crippen molar-refractivity contribution in [3.05, 3.63) is 286 Å². The molecule has 0 amide bonds. The van der Waals surface area contributed by atoms with Crippen LogP contribution in [0.25, 0.3) is 134 Å². The van der Waals surface area contributed by atoms with Gasteiger partial charge in [0, 0.05) is 40.5 Å². The molecule has 14 rings (SSSR count). The van der Waals surface area contributed by atoms with Crippen LogP contribution in [0.3, 0.4) is 0 Å². The van der Waals surface area contributed by atoms with Gasteiger partial charge in [-0.3, -0.25) is 9.36 Å². The molecule has 0 N–H and O–H groups in total. The number of hydrogen-bond donors (Lipinski definition) is 0. The number of aromatic nitrogens is 5. The minimum atomic E-state index is 0. The molecular formula is C71H44IrN5O. The van der Waals surface area contributed by atoms with Crippen LogP contribution in [0.2, 0.25) is 0 Å². The first kappa shape index (κ1) is 47.9. The summed E-state index contributed by atoms with van der Waals surface area (Å²) in [6, 6.07) is 92.5. The average Bonchev–Trinajstić information content (AvgIpc) is 4.36. The molecule has 0 aliphatic carbocycles. The van der Waals surface area contributed by atoms with E-state index in [1.807, 2.05) is 88.6 Å². The van der Waals surface area contributed by atoms with Crippen molar-refractivity contribution >= 4 is 21.9 Å². The maximum atomic E-state index is 6.49. The van der Waals surface area contributed by atoms with E-state index >= 15 is 0 Å². The van der Waals surface area contributed by atoms with Crippen LogP contribution in [-0.2, 0) is 20.1 Å². The molecule has 368 valence electrons. The molecule has 78 heavy (non-hydrogen) atoms. The number of nitrogens with zero attached hydrogens (tertiary/aromatic N) is 5. The van der Waals surface area contributed by atoms with E-state index in [0.29, 0.717) is 0 Å². The zero-order chi connectivity index (χ0) is 51.1. The van der Waals surface area contributed by atoms with Gasteiger partial charge in [0.2, 0.25) is 0 Å². The first-order valence-electron chi connectivity index (χ1n) is 25.6. The van der Waals surface area contributed by atoms with Crippen LogP contribution in [0.15, 0.2) is 272 Å². The normalized spacial score (nSPS) is 11.2. The van der Waals surface area contributed by atoms with Gasteiger partial charge in [0.15, 0.2) is 0 Å². The summed E-state index contributed by atoms with van der Waals surface area (Å²) in [4.78, 5) is 5.11. The molecule has 4 aromatic heterocycles. The summed E-state index contributed by atoms with van der Waals surface area (Å²) >= 11 is 0. The summed E-state index contributed by atoms with van der Waals surface area (Å²) < 4.78 is 10.3. The molecule has 4 heterocycles. The minimum Gasteiger partial charge on any atom is -0.456 e. The fraction of sp³-hybridized carbons (Fsp3) is 0. The Morgan fingerprint density at radius 3 is 1.26 bits per heavy atom. The van der Waals surface area contributed by atoms with Gasteiger partial charge in [-0.15, -0.1) is 47.5 Å². The summed E-state index contributed by atoms with van der Waals surface area (Å²) in [6.45, 7) is 0. The number of para-hydroxylation sites is 2. The molecule has 0 unspecified atom stereocenters. The van der Waals surface area contributed by atoms with E-state index in [1.165, 1.54) is 0 Å². The molecular weight excluding hydrogens is 1130 g/mol. The van der Waals surface area contributed by atoms with Crippen LogP contribution in [0.4, 0.5) is 0 Å². The molecule has 7 heteroatoms. The van der Waals surface area contributed by atoms with Crippen LogP contribution in [0.5, 0.6) is 0 Å². The number of fused-ring (bicyclic) bond motifs is 3. The van der Waals surface area contributed by atoms with Crippen LogP contribution in [0, 0.1) is 18.2 Å². The fourth-order valence-corrected chi connectivity index (χ4v) is 10.6. The van der Waals surface area contributed by atoms with Crippen molar-refractivity contribution in [1.82, 2.24) is 24.5 Å². The standard InChI is InChI=1S/C71H44N5O.Ir/c1-4-17-48(18-5-1)50-31-34-67-68-35-32-51(42-71(68)77-70(67)41-50)49-19-16-20-52(37-49)69-36-33-53(43-72-69)61-25-10-11-26-62(61)54-38-55(63-27-12-14-29-65(63)57-44-73-75(46-57)59-21-6-2-7-22-59)40-56(39-54)64-28-13-15-30-66(64)58-45-74-76(47-58)60-23-8-3-9-24-60;/h1-19,21,23,25-47H;/q-3;+3. The molecule has 0 aliphatic rings. The summed E-state index contributed by atoms with van der Waals surface area (Å²) in [5, 5.41) is 11.8. The Hall–Kier alpha value is -9.78. The molecule has 0 saturated carbocycles. The Balaban J connectivity index is 0.00000579. The molecule has 0 bridgehead atoms. The monoisotopic (exact) mass is 1180 g/mol. The van der Waals surface area contributed by atoms with Gasteiger partial charge in [0.25, 0.3) is 0 Å². The Morgan fingerprint density at radius 2 is 0.769 bits per heavy atom. The topological polar surface area (TPSA) is 61.7 Å². The van der Waals surface area contributed by atoms with Crippen molar-refractivity contribution in [2.75, 3.05) is 0 Å². The van der Waals surface area contributed by atoms with E-state index in [2.05, 4.69) is 207 Å². The molecule has 6 nitrogen and oxygen atoms in total. The van der Waals surface area contributed by atoms with Crippen molar-refractivity contribution in [3.8, 4) is 112 Å². The van der Waals surface area contributed by atoms with Crippen LogP contribution >= 0.6 is 0 Å². The molecule has 0 spiro atoms. The van der Waals surface area contributed by atoms with Gasteiger partial charge in [-0.05, 0) is 132 Å². The quantitative estimate of drug-likeness (QED) is 0.121. The van der Waals surface area contributed by atoms with E-state index < -0.39 is 0 Å². The second kappa shape index (κ2) is 20.7. The van der Waals surface area contributed by atoms with E-state index in [0.717, 1.165) is 134 Å². The van der Waals surface area contributed by atoms with E-state index in [4.69, 9.17) is 19.6 Å². The molecule has 0 saturated heterocycles. The summed E-state index contributed by atoms with van der Waals surface area (Å²) in [5.74, 6) is 0. The van der Waals surface area contributed by atoms with E-state index in [9.17, 15) is 0 Å². The fourth-order valence-electron chi connectivity index (χ4n) is 10.6. The largest absolute Gasteiger partial charge is 3.00 e. The van der Waals surface area contributed by atoms with Gasteiger partial charge in [-0.25, -0.2) is 0 Å². The summed E-state index contributed by atoms with van der Waals surface area (Å²) in [7, 11) is 0. The van der Waals surface area contributed by atoms with Gasteiger partial charge in [-0.2, -0.15) is 58.7 Å². The summed E-state index contributed by atoms with van der Waals surface area (Å²) in [5.41, 5.74) is 22.4. The first-order chi connectivity index (χ1) is 38.1. The Morgan fingerprint density at radius 1 is 0.321 bits per heavy atom. The van der Waals surface area contributed by atoms with Gasteiger partial charge >= 0.3 is 20.1 Å². The van der Waals surface area contributed by atoms with E-state index in [-0.39, 0.29) is 20.1 Å². The summed E-state index contributed by atoms with van der Waals surface area (Å²) in [6.07, 6.45) is 10.0. The Labute approximate surface area is 465 Å². The number of furan rings is 1. The second-order valence-corrected chi connectivity index (χ2v) is 19.1. The average molecular weight is 1180 g/mol. The van der Waals surface area contributed by atoms with Gasteiger partial charge in [0.1, 0.15) is 11.2 Å². The molecule has 0 fully saturated rings. The van der Waals surface area contributed by atoms with Crippen molar-refractivity contribution in [1.29, 1.82) is 0 Å². The Kier molecular flexibility index (Phi) is 12.7. The van der Waals surface area contributed by atoms with Crippen LogP contribution < -0.4 is 0 Å². The third kappa shape index (κ3) is 9.17. The van der Waals surface area contributed by atoms with Gasteiger partial charge in [0.05, 0.1) is 12.4 Å². The minimum absolute atomic E-state index is 0. The zero-order valence-electron chi connectivity index (χ0n) is 41.9. The SMILES string of the molecule is [Ir+3].[c-]1ccc(-c2ccc3c(c2)oc2cc(-c4ccccc4)ccc23)cc1-c1ccc(-c2ccccc2-c2cc(-c3ccccc3-c3cnn(-c4[c-]cccc4)c3)cc(-c3ccccc3-c3cnn(-c4[c-]cccc4)c3)c2)cn1. The number of rotatable bonds is 11.